The van der Waals surface area contributed by atoms with E-state index in [1.807, 2.05) is 6.08 Å². The van der Waals surface area contributed by atoms with Crippen molar-refractivity contribution in [1.82, 2.24) is 29.9 Å². The van der Waals surface area contributed by atoms with E-state index in [4.69, 9.17) is 4.98 Å². The van der Waals surface area contributed by atoms with Crippen molar-refractivity contribution < 1.29 is 9.90 Å². The van der Waals surface area contributed by atoms with Crippen LogP contribution in [-0.2, 0) is 30.5 Å². The summed E-state index contributed by atoms with van der Waals surface area (Å²) in [4.78, 5) is 37.0. The number of aryl methyl sites for hydroxylation is 4. The van der Waals surface area contributed by atoms with Gasteiger partial charge in [-0.05, 0) is 99.6 Å². The summed E-state index contributed by atoms with van der Waals surface area (Å²) in [7, 11) is 0. The minimum atomic E-state index is -0.427. The number of hydrogen-bond donors (Lipinski definition) is 3. The average molecular weight is 679 g/mol. The number of aromatic nitrogens is 6. The molecule has 0 radical (unpaired) electrons. The number of carbonyl (C=O) groups excluding carboxylic acids is 1. The monoisotopic (exact) mass is 678 g/mol. The van der Waals surface area contributed by atoms with Crippen LogP contribution >= 0.6 is 0 Å². The SMILES string of the molecule is C.C.O=C(/C=C/c1cncnc1)CCCCc1ccc2c(n1)NCCC2.O[C@@H](/C=C/c1cncnc1)CCCCc1ccc2c(n1)NCCC2. The molecule has 0 saturated carbocycles. The van der Waals surface area contributed by atoms with Gasteiger partial charge in [0.05, 0.1) is 6.10 Å². The molecule has 10 nitrogen and oxygen atoms in total. The standard InChI is InChI=1S/C19H24N4O.C19H22N4O.2CH4/c2*24-18(10-7-15-12-20-14-21-13-15)6-2-1-5-17-9-8-16-4-3-11-22-19(16)23-17;;/h7-10,12-14,18,24H,1-6,11H2,(H,22,23);7-10,12-14H,1-6,11H2,(H,22,23);2*1H4/b2*10-7+;;/t18-;;;/m1.../s1. The number of ketones is 1. The third-order valence-corrected chi connectivity index (χ3v) is 8.33. The first-order chi connectivity index (χ1) is 23.6. The Balaban J connectivity index is 0.000000260. The topological polar surface area (TPSA) is 139 Å². The number of nitrogens with one attached hydrogen (secondary N) is 2. The molecule has 0 bridgehead atoms. The quantitative estimate of drug-likeness (QED) is 0.0907. The number of allylic oxidation sites excluding steroid dienone is 1. The van der Waals surface area contributed by atoms with E-state index in [1.165, 1.54) is 36.6 Å². The Morgan fingerprint density at radius 2 is 1.24 bits per heavy atom. The summed E-state index contributed by atoms with van der Waals surface area (Å²) in [5, 5.41) is 16.7. The first-order valence-electron chi connectivity index (χ1n) is 17.1. The van der Waals surface area contributed by atoms with E-state index in [0.29, 0.717) is 6.42 Å². The number of anilines is 2. The zero-order valence-electron chi connectivity index (χ0n) is 27.6. The Bertz CT molecular complexity index is 1630. The lowest BCUT2D eigenvalue weighted by atomic mass is 10.0. The third-order valence-electron chi connectivity index (χ3n) is 8.33. The summed E-state index contributed by atoms with van der Waals surface area (Å²) in [5.74, 6) is 2.24. The number of unbranched alkanes of at least 4 members (excludes halogenated alkanes) is 2. The van der Waals surface area contributed by atoms with Crippen molar-refractivity contribution in [2.75, 3.05) is 23.7 Å². The van der Waals surface area contributed by atoms with Crippen molar-refractivity contribution in [3.8, 4) is 0 Å². The molecule has 0 saturated heterocycles. The van der Waals surface area contributed by atoms with E-state index in [-0.39, 0.29) is 20.6 Å². The lowest BCUT2D eigenvalue weighted by molar-refractivity contribution is -0.114. The first-order valence-corrected chi connectivity index (χ1v) is 17.1. The molecule has 2 aliphatic rings. The van der Waals surface area contributed by atoms with Crippen LogP contribution < -0.4 is 10.6 Å². The van der Waals surface area contributed by atoms with Crippen LogP contribution in [0.25, 0.3) is 12.2 Å². The van der Waals surface area contributed by atoms with E-state index in [0.717, 1.165) is 105 Å². The van der Waals surface area contributed by atoms with Crippen molar-refractivity contribution in [3.05, 3.63) is 108 Å². The van der Waals surface area contributed by atoms with Gasteiger partial charge in [0.2, 0.25) is 0 Å². The van der Waals surface area contributed by atoms with Crippen LogP contribution in [0, 0.1) is 0 Å². The van der Waals surface area contributed by atoms with E-state index >= 15 is 0 Å². The highest BCUT2D eigenvalue weighted by molar-refractivity contribution is 5.93. The van der Waals surface area contributed by atoms with Crippen molar-refractivity contribution >= 4 is 29.6 Å². The Labute approximate surface area is 298 Å². The summed E-state index contributed by atoms with van der Waals surface area (Å²) >= 11 is 0. The van der Waals surface area contributed by atoms with Crippen LogP contribution in [0.4, 0.5) is 11.6 Å². The fourth-order valence-corrected chi connectivity index (χ4v) is 5.67. The van der Waals surface area contributed by atoms with Crippen LogP contribution in [0.1, 0.15) is 99.9 Å². The highest BCUT2D eigenvalue weighted by atomic mass is 16.3. The van der Waals surface area contributed by atoms with Gasteiger partial charge in [-0.1, -0.05) is 45.6 Å². The number of hydrogen-bond acceptors (Lipinski definition) is 10. The minimum absolute atomic E-state index is 0. The van der Waals surface area contributed by atoms with E-state index in [2.05, 4.69) is 59.8 Å². The van der Waals surface area contributed by atoms with Crippen LogP contribution in [0.5, 0.6) is 0 Å². The van der Waals surface area contributed by atoms with E-state index < -0.39 is 6.10 Å². The zero-order chi connectivity index (χ0) is 33.2. The fourth-order valence-electron chi connectivity index (χ4n) is 5.67. The molecule has 0 aliphatic carbocycles. The molecular weight excluding hydrogens is 624 g/mol. The van der Waals surface area contributed by atoms with Gasteiger partial charge in [0.25, 0.3) is 0 Å². The molecule has 0 spiro atoms. The molecule has 0 unspecified atom stereocenters. The molecule has 6 heterocycles. The molecule has 3 N–H and O–H groups in total. The maximum atomic E-state index is 11.9. The Morgan fingerprint density at radius 3 is 1.80 bits per heavy atom. The van der Waals surface area contributed by atoms with Crippen molar-refractivity contribution in [3.63, 3.8) is 0 Å². The first kappa shape index (κ1) is 39.6. The second kappa shape index (κ2) is 22.0. The van der Waals surface area contributed by atoms with Crippen LogP contribution in [0.15, 0.2) is 73.9 Å². The van der Waals surface area contributed by atoms with E-state index in [9.17, 15) is 9.90 Å². The Morgan fingerprint density at radius 1 is 0.720 bits per heavy atom. The number of carbonyl (C=O) groups is 1. The largest absolute Gasteiger partial charge is 0.389 e. The fraction of sp³-hybridized carbons (Fsp3) is 0.425. The molecule has 2 aliphatic heterocycles. The molecule has 50 heavy (non-hydrogen) atoms. The van der Waals surface area contributed by atoms with E-state index in [1.54, 1.807) is 43.0 Å². The van der Waals surface area contributed by atoms with Gasteiger partial charge in [-0.15, -0.1) is 0 Å². The second-order valence-corrected chi connectivity index (χ2v) is 12.2. The van der Waals surface area contributed by atoms with Gasteiger partial charge >= 0.3 is 0 Å². The second-order valence-electron chi connectivity index (χ2n) is 12.2. The lowest BCUT2D eigenvalue weighted by Crippen LogP contribution is -2.14. The maximum absolute atomic E-state index is 11.9. The van der Waals surface area contributed by atoms with Crippen molar-refractivity contribution in [2.45, 2.75) is 98.0 Å². The number of aliphatic hydroxyl groups excluding tert-OH is 1. The number of aliphatic hydroxyl groups is 1. The molecule has 0 fully saturated rings. The summed E-state index contributed by atoms with van der Waals surface area (Å²) in [5.41, 5.74) is 6.63. The van der Waals surface area contributed by atoms with Crippen LogP contribution in [0.2, 0.25) is 0 Å². The molecule has 1 atom stereocenters. The zero-order valence-corrected chi connectivity index (χ0v) is 27.6. The highest BCUT2D eigenvalue weighted by Crippen LogP contribution is 2.22. The van der Waals surface area contributed by atoms with Gasteiger partial charge < -0.3 is 15.7 Å². The number of pyridine rings is 2. The molecule has 0 aromatic carbocycles. The summed E-state index contributed by atoms with van der Waals surface area (Å²) in [6.45, 7) is 2.03. The number of nitrogens with zero attached hydrogens (tertiary/aromatic N) is 6. The van der Waals surface area contributed by atoms with Gasteiger partial charge in [0.15, 0.2) is 5.78 Å². The Hall–Kier alpha value is -4.83. The average Bonchev–Trinajstić information content (AvgIpc) is 3.14. The molecule has 6 rings (SSSR count). The molecule has 4 aromatic heterocycles. The third kappa shape index (κ3) is 13.6. The maximum Gasteiger partial charge on any atom is 0.155 e. The Kier molecular flexibility index (Phi) is 17.4. The van der Waals surface area contributed by atoms with Crippen molar-refractivity contribution in [2.24, 2.45) is 0 Å². The minimum Gasteiger partial charge on any atom is -0.389 e. The number of fused-ring (bicyclic) bond motifs is 2. The summed E-state index contributed by atoms with van der Waals surface area (Å²) < 4.78 is 0. The molecule has 266 valence electrons. The summed E-state index contributed by atoms with van der Waals surface area (Å²) in [6, 6.07) is 8.63. The highest BCUT2D eigenvalue weighted by Gasteiger charge is 2.11. The van der Waals surface area contributed by atoms with Crippen molar-refractivity contribution in [1.29, 1.82) is 0 Å². The molecule has 4 aromatic rings. The van der Waals surface area contributed by atoms with Gasteiger partial charge in [0, 0.05) is 66.8 Å². The predicted molar refractivity (Wildman–Crippen MR) is 204 cm³/mol. The normalized spacial score (nSPS) is 13.7. The van der Waals surface area contributed by atoms with Crippen LogP contribution in [0.3, 0.4) is 0 Å². The van der Waals surface area contributed by atoms with Gasteiger partial charge in [0.1, 0.15) is 24.3 Å². The lowest BCUT2D eigenvalue weighted by Gasteiger charge is -2.17. The molecule has 0 amide bonds. The van der Waals surface area contributed by atoms with Gasteiger partial charge in [-0.25, -0.2) is 29.9 Å². The van der Waals surface area contributed by atoms with Gasteiger partial charge in [-0.2, -0.15) is 0 Å². The molecular formula is C40H54N8O2. The summed E-state index contributed by atoms with van der Waals surface area (Å²) in [6.07, 6.45) is 28.1. The van der Waals surface area contributed by atoms with Crippen LogP contribution in [-0.4, -0.2) is 60.0 Å². The number of rotatable bonds is 14. The smallest absolute Gasteiger partial charge is 0.155 e. The predicted octanol–water partition coefficient (Wildman–Crippen LogP) is 7.51. The molecule has 10 heteroatoms. The van der Waals surface area contributed by atoms with Gasteiger partial charge in [-0.3, -0.25) is 4.79 Å².